The topological polar surface area (TPSA) is 58.2 Å². The van der Waals surface area contributed by atoms with Gasteiger partial charge in [-0.1, -0.05) is 30.3 Å². The van der Waals surface area contributed by atoms with Gasteiger partial charge in [0.2, 0.25) is 0 Å². The third-order valence-electron chi connectivity index (χ3n) is 5.28. The highest BCUT2D eigenvalue weighted by Gasteiger charge is 2.19. The lowest BCUT2D eigenvalue weighted by Crippen LogP contribution is -2.37. The van der Waals surface area contributed by atoms with Crippen molar-refractivity contribution in [3.05, 3.63) is 64.2 Å². The van der Waals surface area contributed by atoms with Crippen molar-refractivity contribution < 1.29 is 9.59 Å². The van der Waals surface area contributed by atoms with Crippen LogP contribution in [0.15, 0.2) is 36.4 Å². The Morgan fingerprint density at radius 3 is 2.46 bits per heavy atom. The summed E-state index contributed by atoms with van der Waals surface area (Å²) in [6, 6.07) is 11.8. The number of fused-ring (bicyclic) bond motifs is 1. The maximum Gasteiger partial charge on any atom is 0.313 e. The predicted molar refractivity (Wildman–Crippen MR) is 104 cm³/mol. The molecule has 4 heteroatoms. The molecular weight excluding hydrogens is 324 g/mol. The fourth-order valence-electron chi connectivity index (χ4n) is 3.43. The second kappa shape index (κ2) is 7.73. The number of hydrogen-bond acceptors (Lipinski definition) is 2. The van der Waals surface area contributed by atoms with Gasteiger partial charge >= 0.3 is 11.8 Å². The molecule has 0 heterocycles. The first-order valence-corrected chi connectivity index (χ1v) is 9.25. The number of benzene rings is 2. The molecule has 1 aliphatic rings. The summed E-state index contributed by atoms with van der Waals surface area (Å²) in [6.45, 7) is 5.81. The summed E-state index contributed by atoms with van der Waals surface area (Å²) in [5, 5.41) is 5.51. The molecule has 1 atom stereocenters. The number of nitrogens with one attached hydrogen (secondary N) is 2. The van der Waals surface area contributed by atoms with Crippen molar-refractivity contribution in [2.45, 2.75) is 52.5 Å². The van der Waals surface area contributed by atoms with Gasteiger partial charge < -0.3 is 10.6 Å². The lowest BCUT2D eigenvalue weighted by molar-refractivity contribution is -0.136. The molecular formula is C22H26N2O2. The minimum absolute atomic E-state index is 0.209. The third-order valence-corrected chi connectivity index (χ3v) is 5.28. The van der Waals surface area contributed by atoms with E-state index in [1.807, 2.05) is 32.9 Å². The fraction of sp³-hybridized carbons (Fsp3) is 0.364. The summed E-state index contributed by atoms with van der Waals surface area (Å²) >= 11 is 0. The van der Waals surface area contributed by atoms with E-state index in [4.69, 9.17) is 0 Å². The van der Waals surface area contributed by atoms with E-state index in [-0.39, 0.29) is 6.04 Å². The van der Waals surface area contributed by atoms with Gasteiger partial charge in [-0.15, -0.1) is 0 Å². The van der Waals surface area contributed by atoms with Crippen LogP contribution in [0.5, 0.6) is 0 Å². The fourth-order valence-corrected chi connectivity index (χ4v) is 3.43. The Hall–Kier alpha value is -2.62. The van der Waals surface area contributed by atoms with Crippen LogP contribution >= 0.6 is 0 Å². The Bertz CT molecular complexity index is 842. The summed E-state index contributed by atoms with van der Waals surface area (Å²) in [4.78, 5) is 24.5. The lowest BCUT2D eigenvalue weighted by Gasteiger charge is -2.20. The highest BCUT2D eigenvalue weighted by atomic mass is 16.2. The van der Waals surface area contributed by atoms with Crippen LogP contribution in [0.3, 0.4) is 0 Å². The van der Waals surface area contributed by atoms with E-state index in [0.717, 1.165) is 29.5 Å². The van der Waals surface area contributed by atoms with Gasteiger partial charge in [0.25, 0.3) is 0 Å². The third kappa shape index (κ3) is 3.96. The average molecular weight is 350 g/mol. The first-order chi connectivity index (χ1) is 12.5. The van der Waals surface area contributed by atoms with Gasteiger partial charge in [0, 0.05) is 5.69 Å². The van der Waals surface area contributed by atoms with Crippen LogP contribution in [0.2, 0.25) is 0 Å². The van der Waals surface area contributed by atoms with Crippen molar-refractivity contribution in [2.75, 3.05) is 5.32 Å². The second-order valence-corrected chi connectivity index (χ2v) is 7.13. The maximum absolute atomic E-state index is 12.3. The number of hydrogen-bond donors (Lipinski definition) is 2. The highest BCUT2D eigenvalue weighted by Crippen LogP contribution is 2.25. The van der Waals surface area contributed by atoms with Crippen molar-refractivity contribution >= 4 is 17.5 Å². The van der Waals surface area contributed by atoms with E-state index in [0.29, 0.717) is 5.69 Å². The Kier molecular flexibility index (Phi) is 5.40. The van der Waals surface area contributed by atoms with Gasteiger partial charge in [-0.2, -0.15) is 0 Å². The molecule has 0 aliphatic heterocycles. The van der Waals surface area contributed by atoms with E-state index in [1.54, 1.807) is 6.07 Å². The van der Waals surface area contributed by atoms with Crippen LogP contribution in [0.25, 0.3) is 0 Å². The molecule has 4 nitrogen and oxygen atoms in total. The van der Waals surface area contributed by atoms with E-state index >= 15 is 0 Å². The number of anilines is 1. The van der Waals surface area contributed by atoms with Gasteiger partial charge in [-0.25, -0.2) is 0 Å². The van der Waals surface area contributed by atoms with E-state index < -0.39 is 11.8 Å². The number of carbonyl (C=O) groups excluding carboxylic acids is 2. The standard InChI is InChI=1S/C22H26N2O2/c1-14-7-6-10-20(15(14)2)24-22(26)21(25)23-16(3)18-12-11-17-8-4-5-9-19(17)13-18/h6-7,10-13,16H,4-5,8-9H2,1-3H3,(H,23,25)(H,24,26). The quantitative estimate of drug-likeness (QED) is 0.822. The zero-order valence-electron chi connectivity index (χ0n) is 15.7. The number of carbonyl (C=O) groups is 2. The van der Waals surface area contributed by atoms with Gasteiger partial charge in [0.1, 0.15) is 0 Å². The minimum atomic E-state index is -0.636. The molecule has 0 spiro atoms. The smallest absolute Gasteiger partial charge is 0.313 e. The van der Waals surface area contributed by atoms with Gasteiger partial charge in [0.05, 0.1) is 6.04 Å². The summed E-state index contributed by atoms with van der Waals surface area (Å²) in [5.74, 6) is -1.25. The van der Waals surface area contributed by atoms with Crippen molar-refractivity contribution in [1.82, 2.24) is 5.32 Å². The first kappa shape index (κ1) is 18.2. The molecule has 1 unspecified atom stereocenters. The molecule has 3 rings (SSSR count). The van der Waals surface area contributed by atoms with Gasteiger partial charge in [0.15, 0.2) is 0 Å². The largest absolute Gasteiger partial charge is 0.341 e. The Balaban J connectivity index is 1.65. The molecule has 2 N–H and O–H groups in total. The average Bonchev–Trinajstić information content (AvgIpc) is 2.64. The number of aryl methyl sites for hydroxylation is 3. The van der Waals surface area contributed by atoms with Crippen LogP contribution in [-0.2, 0) is 22.4 Å². The van der Waals surface area contributed by atoms with Crippen molar-refractivity contribution in [3.8, 4) is 0 Å². The Labute approximate surface area is 155 Å². The first-order valence-electron chi connectivity index (χ1n) is 9.25. The van der Waals surface area contributed by atoms with Crippen LogP contribution in [-0.4, -0.2) is 11.8 Å². The summed E-state index contributed by atoms with van der Waals surface area (Å²) in [7, 11) is 0. The molecule has 1 aliphatic carbocycles. The van der Waals surface area contributed by atoms with Crippen molar-refractivity contribution in [2.24, 2.45) is 0 Å². The van der Waals surface area contributed by atoms with Crippen LogP contribution in [0.4, 0.5) is 5.69 Å². The van der Waals surface area contributed by atoms with Gasteiger partial charge in [-0.3, -0.25) is 9.59 Å². The predicted octanol–water partition coefficient (Wildman–Crippen LogP) is 4.00. The molecule has 0 bridgehead atoms. The SMILES string of the molecule is Cc1cccc(NC(=O)C(=O)NC(C)c2ccc3c(c2)CCCC3)c1C. The maximum atomic E-state index is 12.3. The zero-order chi connectivity index (χ0) is 18.7. The molecule has 136 valence electrons. The van der Waals surface area contributed by atoms with Crippen LogP contribution in [0.1, 0.15) is 53.6 Å². The van der Waals surface area contributed by atoms with Gasteiger partial charge in [-0.05, 0) is 80.3 Å². The monoisotopic (exact) mass is 350 g/mol. The van der Waals surface area contributed by atoms with E-state index in [2.05, 4.69) is 28.8 Å². The molecule has 0 fully saturated rings. The van der Waals surface area contributed by atoms with Crippen molar-refractivity contribution in [3.63, 3.8) is 0 Å². The molecule has 2 amide bonds. The molecule has 0 aromatic heterocycles. The lowest BCUT2D eigenvalue weighted by atomic mass is 9.89. The molecule has 0 saturated heterocycles. The normalized spacial score (nSPS) is 14.3. The molecule has 0 saturated carbocycles. The minimum Gasteiger partial charge on any atom is -0.341 e. The number of rotatable bonds is 3. The number of amides is 2. The summed E-state index contributed by atoms with van der Waals surface area (Å²) < 4.78 is 0. The zero-order valence-corrected chi connectivity index (χ0v) is 15.7. The van der Waals surface area contributed by atoms with Crippen molar-refractivity contribution in [1.29, 1.82) is 0 Å². The molecule has 0 radical (unpaired) electrons. The van der Waals surface area contributed by atoms with Crippen LogP contribution in [0, 0.1) is 13.8 Å². The Morgan fingerprint density at radius 2 is 1.69 bits per heavy atom. The highest BCUT2D eigenvalue weighted by molar-refractivity contribution is 6.39. The van der Waals surface area contributed by atoms with E-state index in [1.165, 1.54) is 24.0 Å². The molecule has 2 aromatic carbocycles. The second-order valence-electron chi connectivity index (χ2n) is 7.13. The molecule has 2 aromatic rings. The summed E-state index contributed by atoms with van der Waals surface area (Å²) in [5.41, 5.74) is 6.54. The Morgan fingerprint density at radius 1 is 0.962 bits per heavy atom. The van der Waals surface area contributed by atoms with Crippen LogP contribution < -0.4 is 10.6 Å². The summed E-state index contributed by atoms with van der Waals surface area (Å²) in [6.07, 6.45) is 4.69. The molecule has 26 heavy (non-hydrogen) atoms. The van der Waals surface area contributed by atoms with E-state index in [9.17, 15) is 9.59 Å².